The molecule has 1 aliphatic heterocycles. The molecule has 2 amide bonds. The smallest absolute Gasteiger partial charge is 0.374 e. The molecule has 0 spiro atoms. The molecule has 0 saturated heterocycles. The Kier molecular flexibility index (Phi) is 7.94. The van der Waals surface area contributed by atoms with Gasteiger partial charge in [-0.1, -0.05) is 46.0 Å². The lowest BCUT2D eigenvalue weighted by Crippen LogP contribution is -2.42. The van der Waals surface area contributed by atoms with Crippen molar-refractivity contribution in [2.24, 2.45) is 5.16 Å². The number of aryl methyl sites for hydroxylation is 2. The molecule has 2 aromatic carbocycles. The van der Waals surface area contributed by atoms with Crippen molar-refractivity contribution in [1.82, 2.24) is 5.32 Å². The zero-order valence-corrected chi connectivity index (χ0v) is 25.8. The van der Waals surface area contributed by atoms with E-state index >= 15 is 0 Å². The van der Waals surface area contributed by atoms with E-state index in [1.54, 1.807) is 13.0 Å². The zero-order valence-electron chi connectivity index (χ0n) is 22.8. The van der Waals surface area contributed by atoms with Crippen molar-refractivity contribution < 1.29 is 27.6 Å². The highest BCUT2D eigenvalue weighted by Crippen LogP contribution is 2.50. The van der Waals surface area contributed by atoms with E-state index in [0.717, 1.165) is 61.1 Å². The number of oxime groups is 1. The van der Waals surface area contributed by atoms with E-state index in [-0.39, 0.29) is 38.3 Å². The Balaban J connectivity index is 1.25. The lowest BCUT2D eigenvalue weighted by Gasteiger charge is -2.30. The van der Waals surface area contributed by atoms with Gasteiger partial charge in [-0.05, 0) is 86.4 Å². The molecule has 1 fully saturated rings. The van der Waals surface area contributed by atoms with E-state index in [1.165, 1.54) is 23.5 Å². The summed E-state index contributed by atoms with van der Waals surface area (Å²) in [5.74, 6) is -0.581. The number of hydrogen-bond donors (Lipinski definition) is 2. The van der Waals surface area contributed by atoms with Gasteiger partial charge in [0.05, 0.1) is 26.3 Å². The number of fused-ring (bicyclic) bond motifs is 1. The SMILES string of the molecule is Cc1cc(C2=NOC(c3cc(Cl)c(Cl)c(Cl)c3)(C(F)(F)F)C2)ccc1C(=O)Nc1sc2c(c1C(=O)NC1CC1)CCCC2. The highest BCUT2D eigenvalue weighted by Gasteiger charge is 2.62. The summed E-state index contributed by atoms with van der Waals surface area (Å²) < 4.78 is 43.4. The second-order valence-corrected chi connectivity index (χ2v) is 13.3. The minimum Gasteiger partial charge on any atom is -0.374 e. The van der Waals surface area contributed by atoms with Crippen LogP contribution >= 0.6 is 46.1 Å². The van der Waals surface area contributed by atoms with Gasteiger partial charge in [-0.25, -0.2) is 0 Å². The first-order valence-corrected chi connectivity index (χ1v) is 15.7. The third-order valence-corrected chi connectivity index (χ3v) is 10.4. The predicted molar refractivity (Wildman–Crippen MR) is 162 cm³/mol. The summed E-state index contributed by atoms with van der Waals surface area (Å²) in [4.78, 5) is 32.8. The molecule has 13 heteroatoms. The Labute approximate surface area is 264 Å². The van der Waals surface area contributed by atoms with Gasteiger partial charge in [0.1, 0.15) is 5.00 Å². The van der Waals surface area contributed by atoms with Crippen LogP contribution in [0.2, 0.25) is 15.1 Å². The molecule has 1 saturated carbocycles. The standard InChI is InChI=1S/C30H25Cl3F3N3O3S/c1-14-10-15(22-13-29(42-39-22,30(34,35)36)16-11-20(31)25(33)21(32)12-16)6-9-18(14)26(40)38-28-24(27(41)37-17-7-8-17)19-4-2-3-5-23(19)43-28/h6,9-12,17H,2-5,7-8,13H2,1H3,(H,37,41)(H,38,40). The van der Waals surface area contributed by atoms with Crippen LogP contribution in [0, 0.1) is 6.92 Å². The number of halogens is 6. The number of nitrogens with zero attached hydrogens (tertiary/aromatic N) is 1. The van der Waals surface area contributed by atoms with Crippen molar-refractivity contribution >= 4 is 68.7 Å². The number of anilines is 1. The molecule has 3 aliphatic rings. The van der Waals surface area contributed by atoms with Gasteiger partial charge >= 0.3 is 6.18 Å². The molecular formula is C30H25Cl3F3N3O3S. The summed E-state index contributed by atoms with van der Waals surface area (Å²) in [6.07, 6.45) is 0.0776. The fourth-order valence-electron chi connectivity index (χ4n) is 5.49. The molecule has 1 unspecified atom stereocenters. The largest absolute Gasteiger partial charge is 0.435 e. The molecule has 2 aliphatic carbocycles. The fourth-order valence-corrected chi connectivity index (χ4v) is 7.37. The van der Waals surface area contributed by atoms with Crippen LogP contribution in [0.5, 0.6) is 0 Å². The van der Waals surface area contributed by atoms with E-state index in [4.69, 9.17) is 39.6 Å². The molecule has 1 atom stereocenters. The minimum atomic E-state index is -4.86. The van der Waals surface area contributed by atoms with Crippen LogP contribution in [-0.2, 0) is 23.3 Å². The molecule has 43 heavy (non-hydrogen) atoms. The van der Waals surface area contributed by atoms with Crippen molar-refractivity contribution in [3.05, 3.63) is 83.7 Å². The minimum absolute atomic E-state index is 0.0412. The lowest BCUT2D eigenvalue weighted by molar-refractivity contribution is -0.275. The van der Waals surface area contributed by atoms with Crippen LogP contribution in [0.1, 0.15) is 80.0 Å². The molecular weight excluding hydrogens is 646 g/mol. The van der Waals surface area contributed by atoms with E-state index in [9.17, 15) is 22.8 Å². The Hall–Kier alpha value is -2.79. The number of rotatable bonds is 6. The van der Waals surface area contributed by atoms with Crippen LogP contribution in [0.4, 0.5) is 18.2 Å². The normalized spacial score (nSPS) is 19.8. The molecule has 1 aromatic heterocycles. The van der Waals surface area contributed by atoms with Crippen LogP contribution in [-0.4, -0.2) is 29.7 Å². The number of carbonyl (C=O) groups is 2. The van der Waals surface area contributed by atoms with Gasteiger partial charge in [0, 0.05) is 28.5 Å². The summed E-state index contributed by atoms with van der Waals surface area (Å²) >= 11 is 19.5. The number of benzene rings is 2. The zero-order chi connectivity index (χ0) is 30.7. The fraction of sp³-hybridized carbons (Fsp3) is 0.367. The molecule has 0 bridgehead atoms. The second-order valence-electron chi connectivity index (χ2n) is 11.0. The highest BCUT2D eigenvalue weighted by molar-refractivity contribution is 7.17. The topological polar surface area (TPSA) is 79.8 Å². The number of nitrogens with one attached hydrogen (secondary N) is 2. The van der Waals surface area contributed by atoms with Gasteiger partial charge in [-0.2, -0.15) is 13.2 Å². The first kappa shape index (κ1) is 30.2. The maximum Gasteiger partial charge on any atom is 0.435 e. The summed E-state index contributed by atoms with van der Waals surface area (Å²) in [5, 5.41) is 9.94. The molecule has 3 aromatic rings. The summed E-state index contributed by atoms with van der Waals surface area (Å²) in [6, 6.07) is 6.97. The molecule has 6 rings (SSSR count). The summed E-state index contributed by atoms with van der Waals surface area (Å²) in [5.41, 5.74) is -0.357. The summed E-state index contributed by atoms with van der Waals surface area (Å²) in [6.45, 7) is 1.69. The molecule has 0 radical (unpaired) electrons. The van der Waals surface area contributed by atoms with Gasteiger partial charge in [0.25, 0.3) is 17.4 Å². The first-order valence-electron chi connectivity index (χ1n) is 13.7. The van der Waals surface area contributed by atoms with Crippen molar-refractivity contribution in [2.45, 2.75) is 69.7 Å². The third kappa shape index (κ3) is 5.63. The summed E-state index contributed by atoms with van der Waals surface area (Å²) in [7, 11) is 0. The first-order chi connectivity index (χ1) is 20.4. The van der Waals surface area contributed by atoms with Crippen LogP contribution < -0.4 is 10.6 Å². The molecule has 6 nitrogen and oxygen atoms in total. The van der Waals surface area contributed by atoms with Crippen molar-refractivity contribution in [3.63, 3.8) is 0 Å². The number of carbonyl (C=O) groups excluding carboxylic acids is 2. The maximum absolute atomic E-state index is 14.5. The van der Waals surface area contributed by atoms with Gasteiger partial charge in [-0.15, -0.1) is 11.3 Å². The van der Waals surface area contributed by atoms with E-state index in [1.807, 2.05) is 0 Å². The molecule has 2 heterocycles. The Bertz CT molecular complexity index is 1660. The average molecular weight is 671 g/mol. The molecule has 226 valence electrons. The molecule has 2 N–H and O–H groups in total. The van der Waals surface area contributed by atoms with Gasteiger partial charge < -0.3 is 15.5 Å². The quantitative estimate of drug-likeness (QED) is 0.258. The van der Waals surface area contributed by atoms with E-state index < -0.39 is 24.1 Å². The van der Waals surface area contributed by atoms with E-state index in [2.05, 4.69) is 15.8 Å². The van der Waals surface area contributed by atoms with Crippen molar-refractivity contribution in [3.8, 4) is 0 Å². The van der Waals surface area contributed by atoms with Gasteiger partial charge in [-0.3, -0.25) is 9.59 Å². The lowest BCUT2D eigenvalue weighted by atomic mass is 9.86. The predicted octanol–water partition coefficient (Wildman–Crippen LogP) is 8.62. The Morgan fingerprint density at radius 3 is 2.40 bits per heavy atom. The van der Waals surface area contributed by atoms with Gasteiger partial charge in [0.15, 0.2) is 0 Å². The maximum atomic E-state index is 14.5. The monoisotopic (exact) mass is 669 g/mol. The Morgan fingerprint density at radius 2 is 1.74 bits per heavy atom. The number of hydrogen-bond acceptors (Lipinski definition) is 5. The van der Waals surface area contributed by atoms with Crippen molar-refractivity contribution in [2.75, 3.05) is 5.32 Å². The Morgan fingerprint density at radius 1 is 1.05 bits per heavy atom. The number of alkyl halides is 3. The number of amides is 2. The van der Waals surface area contributed by atoms with Crippen LogP contribution in [0.25, 0.3) is 0 Å². The third-order valence-electron chi connectivity index (χ3n) is 7.98. The highest BCUT2D eigenvalue weighted by atomic mass is 35.5. The van der Waals surface area contributed by atoms with Crippen LogP contribution in [0.3, 0.4) is 0 Å². The van der Waals surface area contributed by atoms with Crippen molar-refractivity contribution in [1.29, 1.82) is 0 Å². The van der Waals surface area contributed by atoms with Gasteiger partial charge in [0.2, 0.25) is 0 Å². The van der Waals surface area contributed by atoms with E-state index in [0.29, 0.717) is 27.3 Å². The van der Waals surface area contributed by atoms with Crippen LogP contribution in [0.15, 0.2) is 35.5 Å². The second kappa shape index (κ2) is 11.3. The number of thiophene rings is 1. The average Bonchev–Trinajstić information content (AvgIpc) is 3.50.